The highest BCUT2D eigenvalue weighted by Gasteiger charge is 2.33. The highest BCUT2D eigenvalue weighted by atomic mass is 32.1. The summed E-state index contributed by atoms with van der Waals surface area (Å²) < 4.78 is 8.11. The van der Waals surface area contributed by atoms with Gasteiger partial charge in [0.05, 0.1) is 30.2 Å². The Morgan fingerprint density at radius 1 is 1.16 bits per heavy atom. The third kappa shape index (κ3) is 3.37. The van der Waals surface area contributed by atoms with E-state index in [0.717, 1.165) is 41.3 Å². The summed E-state index contributed by atoms with van der Waals surface area (Å²) in [6.45, 7) is 7.30. The molecule has 0 spiro atoms. The molecule has 158 valence electrons. The Labute approximate surface area is 185 Å². The van der Waals surface area contributed by atoms with Crippen molar-refractivity contribution in [1.29, 1.82) is 0 Å². The number of carbonyl (C=O) groups is 1. The van der Waals surface area contributed by atoms with Crippen LogP contribution in [0.15, 0.2) is 42.7 Å². The van der Waals surface area contributed by atoms with Crippen LogP contribution in [0.2, 0.25) is 0 Å². The number of fused-ring (bicyclic) bond motifs is 1. The highest BCUT2D eigenvalue weighted by molar-refractivity contribution is 7.08. The topological polar surface area (TPSA) is 68.8 Å². The lowest BCUT2D eigenvalue weighted by Crippen LogP contribution is -2.26. The highest BCUT2D eigenvalue weighted by Crippen LogP contribution is 2.33. The molecule has 0 aliphatic carbocycles. The van der Waals surface area contributed by atoms with Crippen molar-refractivity contribution >= 4 is 17.4 Å². The number of aromatic nitrogens is 5. The van der Waals surface area contributed by atoms with Crippen molar-refractivity contribution in [3.05, 3.63) is 75.7 Å². The molecule has 4 heterocycles. The van der Waals surface area contributed by atoms with Crippen molar-refractivity contribution in [3.63, 3.8) is 0 Å². The summed E-state index contributed by atoms with van der Waals surface area (Å²) in [7, 11) is 0. The molecular weight excluding hydrogens is 408 g/mol. The number of rotatable bonds is 5. The van der Waals surface area contributed by atoms with Crippen molar-refractivity contribution in [2.45, 2.75) is 46.7 Å². The predicted molar refractivity (Wildman–Crippen MR) is 120 cm³/mol. The van der Waals surface area contributed by atoms with Crippen LogP contribution in [0.1, 0.15) is 51.1 Å². The van der Waals surface area contributed by atoms with E-state index in [9.17, 15) is 4.79 Å². The molecule has 1 aliphatic heterocycles. The molecule has 0 atom stereocenters. The molecule has 0 saturated carbocycles. The number of nitrogens with zero attached hydrogens (tertiary/aromatic N) is 6. The summed E-state index contributed by atoms with van der Waals surface area (Å²) >= 11 is 1.19. The average Bonchev–Trinajstić information content (AvgIpc) is 3.51. The molecule has 7 nitrogen and oxygen atoms in total. The van der Waals surface area contributed by atoms with Gasteiger partial charge < -0.3 is 9.47 Å². The van der Waals surface area contributed by atoms with Gasteiger partial charge in [0.15, 0.2) is 0 Å². The van der Waals surface area contributed by atoms with Crippen molar-refractivity contribution in [3.8, 4) is 11.5 Å². The van der Waals surface area contributed by atoms with Gasteiger partial charge >= 0.3 is 0 Å². The van der Waals surface area contributed by atoms with Gasteiger partial charge in [0.1, 0.15) is 10.7 Å². The molecule has 0 bridgehead atoms. The van der Waals surface area contributed by atoms with Gasteiger partial charge in [-0.15, -0.1) is 5.10 Å². The van der Waals surface area contributed by atoms with Crippen LogP contribution in [0.25, 0.3) is 11.5 Å². The van der Waals surface area contributed by atoms with Crippen molar-refractivity contribution in [2.24, 2.45) is 0 Å². The van der Waals surface area contributed by atoms with Crippen LogP contribution in [-0.2, 0) is 19.5 Å². The van der Waals surface area contributed by atoms with E-state index in [1.807, 2.05) is 34.1 Å². The van der Waals surface area contributed by atoms with Crippen LogP contribution in [0.5, 0.6) is 0 Å². The molecule has 0 fully saturated rings. The Bertz CT molecular complexity index is 1250. The lowest BCUT2D eigenvalue weighted by atomic mass is 10.1. The molecule has 1 aliphatic rings. The van der Waals surface area contributed by atoms with Gasteiger partial charge in [0.25, 0.3) is 5.91 Å². The normalized spacial score (nSPS) is 13.1. The summed E-state index contributed by atoms with van der Waals surface area (Å²) in [5, 5.41) is 9.12. The molecule has 1 aromatic carbocycles. The molecule has 5 rings (SSSR count). The molecule has 0 N–H and O–H groups in total. The first kappa shape index (κ1) is 19.7. The second kappa shape index (κ2) is 7.77. The first-order chi connectivity index (χ1) is 15.1. The Balaban J connectivity index is 1.54. The minimum absolute atomic E-state index is 0.00651. The lowest BCUT2D eigenvalue weighted by Gasteiger charge is -2.18. The summed E-state index contributed by atoms with van der Waals surface area (Å²) in [4.78, 5) is 15.7. The molecule has 0 saturated heterocycles. The fraction of sp³-hybridized carbons (Fsp3) is 0.304. The molecule has 1 amide bonds. The molecule has 0 radical (unpaired) electrons. The second-order valence-corrected chi connectivity index (χ2v) is 8.76. The van der Waals surface area contributed by atoms with Gasteiger partial charge in [0.2, 0.25) is 0 Å². The van der Waals surface area contributed by atoms with E-state index in [1.54, 1.807) is 0 Å². The fourth-order valence-electron chi connectivity index (χ4n) is 4.21. The maximum absolute atomic E-state index is 13.2. The van der Waals surface area contributed by atoms with E-state index in [0.29, 0.717) is 18.0 Å². The fourth-order valence-corrected chi connectivity index (χ4v) is 4.89. The minimum Gasteiger partial charge on any atom is -0.327 e. The Morgan fingerprint density at radius 2 is 1.97 bits per heavy atom. The summed E-state index contributed by atoms with van der Waals surface area (Å²) in [6, 6.07) is 10.4. The number of aryl methyl sites for hydroxylation is 3. The molecule has 31 heavy (non-hydrogen) atoms. The van der Waals surface area contributed by atoms with Crippen molar-refractivity contribution in [2.75, 3.05) is 0 Å². The van der Waals surface area contributed by atoms with Gasteiger partial charge in [-0.1, -0.05) is 35.5 Å². The van der Waals surface area contributed by atoms with Gasteiger partial charge in [-0.05, 0) is 55.6 Å². The Morgan fingerprint density at radius 3 is 2.71 bits per heavy atom. The summed E-state index contributed by atoms with van der Waals surface area (Å²) in [5.74, 6) is 0.978. The zero-order valence-corrected chi connectivity index (χ0v) is 18.7. The number of benzene rings is 1. The Kier molecular flexibility index (Phi) is 4.94. The van der Waals surface area contributed by atoms with E-state index in [4.69, 9.17) is 5.10 Å². The van der Waals surface area contributed by atoms with Crippen LogP contribution >= 0.6 is 11.5 Å². The first-order valence-corrected chi connectivity index (χ1v) is 11.3. The monoisotopic (exact) mass is 432 g/mol. The number of carbonyl (C=O) groups excluding carboxylic acids is 1. The molecule has 8 heteroatoms. The number of hydrogen-bond acceptors (Lipinski definition) is 5. The van der Waals surface area contributed by atoms with Crippen molar-refractivity contribution in [1.82, 2.24) is 28.8 Å². The average molecular weight is 433 g/mol. The van der Waals surface area contributed by atoms with Crippen LogP contribution in [0.3, 0.4) is 0 Å². The molecule has 3 aromatic heterocycles. The molecule has 4 aromatic rings. The van der Waals surface area contributed by atoms with Gasteiger partial charge in [-0.3, -0.25) is 4.79 Å². The van der Waals surface area contributed by atoms with Crippen molar-refractivity contribution < 1.29 is 4.79 Å². The zero-order valence-electron chi connectivity index (χ0n) is 17.9. The summed E-state index contributed by atoms with van der Waals surface area (Å²) in [6.07, 6.45) is 5.75. The third-order valence-electron chi connectivity index (χ3n) is 5.68. The van der Waals surface area contributed by atoms with E-state index in [1.165, 1.54) is 22.7 Å². The third-order valence-corrected chi connectivity index (χ3v) is 6.44. The van der Waals surface area contributed by atoms with Crippen LogP contribution < -0.4 is 0 Å². The van der Waals surface area contributed by atoms with Gasteiger partial charge in [-0.25, -0.2) is 4.68 Å². The van der Waals surface area contributed by atoms with Crippen LogP contribution in [-0.4, -0.2) is 34.7 Å². The largest absolute Gasteiger partial charge is 0.327 e. The maximum Gasteiger partial charge on any atom is 0.268 e. The van der Waals surface area contributed by atoms with E-state index >= 15 is 0 Å². The lowest BCUT2D eigenvalue weighted by molar-refractivity contribution is 0.0752. The first-order valence-electron chi connectivity index (χ1n) is 10.5. The zero-order chi connectivity index (χ0) is 21.5. The maximum atomic E-state index is 13.2. The standard InChI is InChI=1S/C23H24N6OS/c1-4-7-18-21(31-26-24-18)23(30)28-13-17-19(14-28)25-29(22(17)27-10-5-6-11-27)20-9-8-15(2)12-16(20)3/h5-6,8-12H,4,7,13-14H2,1-3H3. The Hall–Kier alpha value is -3.26. The van der Waals surface area contributed by atoms with Gasteiger partial charge in [0, 0.05) is 18.0 Å². The smallest absolute Gasteiger partial charge is 0.268 e. The van der Waals surface area contributed by atoms with Crippen LogP contribution in [0.4, 0.5) is 0 Å². The number of amides is 1. The van der Waals surface area contributed by atoms with Gasteiger partial charge in [-0.2, -0.15) is 5.10 Å². The molecular formula is C23H24N6OS. The minimum atomic E-state index is -0.00651. The second-order valence-electron chi connectivity index (χ2n) is 8.00. The van der Waals surface area contributed by atoms with Crippen LogP contribution in [0, 0.1) is 13.8 Å². The quantitative estimate of drug-likeness (QED) is 0.473. The van der Waals surface area contributed by atoms with E-state index in [2.05, 4.69) is 53.1 Å². The predicted octanol–water partition coefficient (Wildman–Crippen LogP) is 4.24. The summed E-state index contributed by atoms with van der Waals surface area (Å²) in [5.41, 5.74) is 6.26. The van der Waals surface area contributed by atoms with E-state index in [-0.39, 0.29) is 5.91 Å². The molecule has 0 unspecified atom stereocenters. The number of hydrogen-bond donors (Lipinski definition) is 0. The SMILES string of the molecule is CCCc1nnsc1C(=O)N1Cc2nn(-c3ccc(C)cc3C)c(-n3cccc3)c2C1. The van der Waals surface area contributed by atoms with E-state index < -0.39 is 0 Å².